The minimum Gasteiger partial charge on any atom is -0.456 e. The van der Waals surface area contributed by atoms with Gasteiger partial charge in [-0.05, 0) is 42.2 Å². The van der Waals surface area contributed by atoms with E-state index in [1.165, 1.54) is 12.5 Å². The normalized spacial score (nSPS) is 24.8. The Morgan fingerprint density at radius 3 is 2.52 bits per heavy atom. The van der Waals surface area contributed by atoms with Crippen LogP contribution in [0.5, 0.6) is 0 Å². The van der Waals surface area contributed by atoms with Gasteiger partial charge >= 0.3 is 5.97 Å². The van der Waals surface area contributed by atoms with Crippen molar-refractivity contribution in [3.05, 3.63) is 42.0 Å². The molecule has 0 amide bonds. The Morgan fingerprint density at radius 1 is 1.17 bits per heavy atom. The molecule has 1 aliphatic rings. The molecule has 0 spiro atoms. The number of ether oxygens (including phenoxy) is 1. The molecule has 23 heavy (non-hydrogen) atoms. The zero-order valence-corrected chi connectivity index (χ0v) is 14.2. The van der Waals surface area contributed by atoms with E-state index in [1.54, 1.807) is 6.08 Å². The van der Waals surface area contributed by atoms with Gasteiger partial charge in [0.15, 0.2) is 0 Å². The summed E-state index contributed by atoms with van der Waals surface area (Å²) in [5, 5.41) is 0. The molecule has 0 N–H and O–H groups in total. The van der Waals surface area contributed by atoms with Gasteiger partial charge < -0.3 is 4.74 Å². The highest BCUT2D eigenvalue weighted by atomic mass is 16.5. The first-order chi connectivity index (χ1) is 11.0. The van der Waals surface area contributed by atoms with Gasteiger partial charge in [-0.3, -0.25) is 4.79 Å². The molecule has 0 bridgehead atoms. The van der Waals surface area contributed by atoms with Gasteiger partial charge in [-0.25, -0.2) is 4.79 Å². The molecule has 3 nitrogen and oxygen atoms in total. The van der Waals surface area contributed by atoms with Crippen molar-refractivity contribution in [1.29, 1.82) is 0 Å². The Bertz CT molecular complexity index is 560. The number of ketones is 1. The van der Waals surface area contributed by atoms with Crippen LogP contribution < -0.4 is 0 Å². The maximum atomic E-state index is 12.1. The number of benzene rings is 1. The number of hydrogen-bond acceptors (Lipinski definition) is 3. The molecule has 0 radical (unpaired) electrons. The first-order valence-corrected chi connectivity index (χ1v) is 8.45. The zero-order chi connectivity index (χ0) is 16.8. The molecule has 0 aromatic heterocycles. The molecule has 3 heteroatoms. The lowest BCUT2D eigenvalue weighted by Crippen LogP contribution is -2.37. The highest BCUT2D eigenvalue weighted by molar-refractivity contribution is 6.39. The van der Waals surface area contributed by atoms with E-state index < -0.39 is 11.8 Å². The Morgan fingerprint density at radius 2 is 1.87 bits per heavy atom. The van der Waals surface area contributed by atoms with E-state index in [-0.39, 0.29) is 6.10 Å². The van der Waals surface area contributed by atoms with Crippen LogP contribution in [0.25, 0.3) is 6.08 Å². The lowest BCUT2D eigenvalue weighted by molar-refractivity contribution is -0.161. The minimum atomic E-state index is -0.734. The molecule has 1 aliphatic carbocycles. The second kappa shape index (κ2) is 8.09. The van der Waals surface area contributed by atoms with Crippen LogP contribution in [0.4, 0.5) is 0 Å². The molecule has 3 atom stereocenters. The van der Waals surface area contributed by atoms with Gasteiger partial charge in [-0.2, -0.15) is 0 Å². The van der Waals surface area contributed by atoms with Gasteiger partial charge in [0.05, 0.1) is 0 Å². The second-order valence-corrected chi connectivity index (χ2v) is 6.88. The summed E-state index contributed by atoms with van der Waals surface area (Å²) in [6.45, 7) is 6.48. The lowest BCUT2D eigenvalue weighted by atomic mass is 9.75. The molecule has 1 aromatic carbocycles. The maximum Gasteiger partial charge on any atom is 0.379 e. The number of esters is 1. The van der Waals surface area contributed by atoms with Crippen LogP contribution in [0, 0.1) is 17.8 Å². The Balaban J connectivity index is 1.96. The van der Waals surface area contributed by atoms with Crippen molar-refractivity contribution in [2.75, 3.05) is 0 Å². The molecule has 0 saturated heterocycles. The number of carbonyl (C=O) groups excluding carboxylic acids is 2. The summed E-state index contributed by atoms with van der Waals surface area (Å²) < 4.78 is 5.55. The van der Waals surface area contributed by atoms with Crippen LogP contribution in [0.2, 0.25) is 0 Å². The average Bonchev–Trinajstić information content (AvgIpc) is 2.53. The molecular formula is C20H26O3. The quantitative estimate of drug-likeness (QED) is 0.463. The predicted octanol–water partition coefficient (Wildman–Crippen LogP) is 4.27. The zero-order valence-electron chi connectivity index (χ0n) is 14.2. The maximum absolute atomic E-state index is 12.1. The third kappa shape index (κ3) is 5.05. The summed E-state index contributed by atoms with van der Waals surface area (Å²) in [4.78, 5) is 24.1. The van der Waals surface area contributed by atoms with Crippen LogP contribution in [-0.4, -0.2) is 17.9 Å². The van der Waals surface area contributed by atoms with Crippen molar-refractivity contribution in [3.8, 4) is 0 Å². The molecule has 0 heterocycles. The van der Waals surface area contributed by atoms with Crippen molar-refractivity contribution >= 4 is 17.8 Å². The van der Waals surface area contributed by atoms with E-state index >= 15 is 0 Å². The summed E-state index contributed by atoms with van der Waals surface area (Å²) in [6.07, 6.45) is 5.88. The van der Waals surface area contributed by atoms with Crippen LogP contribution in [0.15, 0.2) is 36.4 Å². The third-order valence-electron chi connectivity index (χ3n) is 4.65. The molecule has 1 saturated carbocycles. The molecular weight excluding hydrogens is 288 g/mol. The first-order valence-electron chi connectivity index (χ1n) is 8.45. The second-order valence-electron chi connectivity index (χ2n) is 6.88. The number of carbonyl (C=O) groups is 2. The third-order valence-corrected chi connectivity index (χ3v) is 4.65. The summed E-state index contributed by atoms with van der Waals surface area (Å²) in [5.74, 6) is 0.0191. The summed E-state index contributed by atoms with van der Waals surface area (Å²) in [7, 11) is 0. The van der Waals surface area contributed by atoms with E-state index in [9.17, 15) is 9.59 Å². The molecule has 2 rings (SSSR count). The van der Waals surface area contributed by atoms with Crippen LogP contribution in [0.3, 0.4) is 0 Å². The van der Waals surface area contributed by atoms with Gasteiger partial charge in [0, 0.05) is 0 Å². The van der Waals surface area contributed by atoms with Crippen molar-refractivity contribution in [1.82, 2.24) is 0 Å². The van der Waals surface area contributed by atoms with Gasteiger partial charge in [-0.15, -0.1) is 0 Å². The fourth-order valence-corrected chi connectivity index (χ4v) is 3.25. The average molecular weight is 314 g/mol. The molecule has 124 valence electrons. The Labute approximate surface area is 138 Å². The van der Waals surface area contributed by atoms with Gasteiger partial charge in [0.2, 0.25) is 0 Å². The molecule has 1 fully saturated rings. The van der Waals surface area contributed by atoms with Gasteiger partial charge in [-0.1, -0.05) is 63.6 Å². The first kappa shape index (κ1) is 17.5. The topological polar surface area (TPSA) is 43.4 Å². The minimum absolute atomic E-state index is 0.139. The highest BCUT2D eigenvalue weighted by Crippen LogP contribution is 2.35. The summed E-state index contributed by atoms with van der Waals surface area (Å²) in [6, 6.07) is 9.45. The smallest absolute Gasteiger partial charge is 0.379 e. The Hall–Kier alpha value is -1.90. The lowest BCUT2D eigenvalue weighted by Gasteiger charge is -2.36. The fraction of sp³-hybridized carbons (Fsp3) is 0.500. The van der Waals surface area contributed by atoms with Crippen molar-refractivity contribution in [3.63, 3.8) is 0 Å². The number of hydrogen-bond donors (Lipinski definition) is 0. The monoisotopic (exact) mass is 314 g/mol. The van der Waals surface area contributed by atoms with Gasteiger partial charge in [0.1, 0.15) is 6.10 Å². The summed E-state index contributed by atoms with van der Waals surface area (Å²) in [5.41, 5.74) is 0.889. The molecule has 0 aliphatic heterocycles. The fourth-order valence-electron chi connectivity index (χ4n) is 3.25. The van der Waals surface area contributed by atoms with Crippen LogP contribution >= 0.6 is 0 Å². The van der Waals surface area contributed by atoms with Crippen molar-refractivity contribution in [2.24, 2.45) is 17.8 Å². The van der Waals surface area contributed by atoms with E-state index in [4.69, 9.17) is 4.74 Å². The Kier molecular flexibility index (Phi) is 6.14. The largest absolute Gasteiger partial charge is 0.456 e. The van der Waals surface area contributed by atoms with E-state index in [0.29, 0.717) is 17.8 Å². The SMILES string of the molecule is CC(C)[C@@H]1CC[C@@H](C)C[C@H]1OC(=O)C(=O)/C=C/c1ccccc1. The predicted molar refractivity (Wildman–Crippen MR) is 91.7 cm³/mol. The van der Waals surface area contributed by atoms with Crippen molar-refractivity contribution < 1.29 is 14.3 Å². The highest BCUT2D eigenvalue weighted by Gasteiger charge is 2.34. The van der Waals surface area contributed by atoms with Gasteiger partial charge in [0.25, 0.3) is 5.78 Å². The van der Waals surface area contributed by atoms with E-state index in [1.807, 2.05) is 30.3 Å². The van der Waals surface area contributed by atoms with Crippen LogP contribution in [-0.2, 0) is 14.3 Å². The molecule has 0 unspecified atom stereocenters. The van der Waals surface area contributed by atoms with E-state index in [2.05, 4.69) is 20.8 Å². The molecule has 1 aromatic rings. The summed E-state index contributed by atoms with van der Waals surface area (Å²) >= 11 is 0. The van der Waals surface area contributed by atoms with Crippen molar-refractivity contribution in [2.45, 2.75) is 46.1 Å². The standard InChI is InChI=1S/C20H26O3/c1-14(2)17-11-9-15(3)13-19(17)23-20(22)18(21)12-10-16-7-5-4-6-8-16/h4-8,10,12,14-15,17,19H,9,11,13H2,1-3H3/b12-10+/t15-,17+,19-/m1/s1. The number of rotatable bonds is 5. The van der Waals surface area contributed by atoms with Crippen LogP contribution in [0.1, 0.15) is 45.6 Å². The van der Waals surface area contributed by atoms with E-state index in [0.717, 1.165) is 18.4 Å².